The molecule has 1 aliphatic rings. The minimum atomic E-state index is -0.486. The summed E-state index contributed by atoms with van der Waals surface area (Å²) in [6.07, 6.45) is 0.309. The zero-order chi connectivity index (χ0) is 10.8. The van der Waals surface area contributed by atoms with Crippen molar-refractivity contribution in [2.24, 2.45) is 5.73 Å². The minimum absolute atomic E-state index is 0.0219. The molecule has 0 aliphatic carbocycles. The Balaban J connectivity index is 2.38. The van der Waals surface area contributed by atoms with E-state index in [-0.39, 0.29) is 6.04 Å². The number of amides is 1. The molecule has 82 valence electrons. The van der Waals surface area contributed by atoms with Gasteiger partial charge in [0.2, 0.25) is 0 Å². The van der Waals surface area contributed by atoms with E-state index in [1.807, 2.05) is 20.8 Å². The first-order valence-corrected chi connectivity index (χ1v) is 4.77. The van der Waals surface area contributed by atoms with Crippen molar-refractivity contribution in [3.05, 3.63) is 0 Å². The molecule has 1 unspecified atom stereocenters. The summed E-state index contributed by atoms with van der Waals surface area (Å²) >= 11 is 0. The lowest BCUT2D eigenvalue weighted by atomic mass is 10.2. The Morgan fingerprint density at radius 2 is 2.21 bits per heavy atom. The maximum absolute atomic E-state index is 11.5. The monoisotopic (exact) mass is 202 g/mol. The highest BCUT2D eigenvalue weighted by molar-refractivity contribution is 5.66. The van der Waals surface area contributed by atoms with Gasteiger partial charge in [-0.05, 0) is 27.2 Å². The van der Waals surface area contributed by atoms with Crippen molar-refractivity contribution >= 4 is 6.09 Å². The molecule has 1 amide bonds. The van der Waals surface area contributed by atoms with Gasteiger partial charge < -0.3 is 10.5 Å². The summed E-state index contributed by atoms with van der Waals surface area (Å²) in [7, 11) is 0. The lowest BCUT2D eigenvalue weighted by molar-refractivity contribution is -0.170. The second-order valence-corrected chi connectivity index (χ2v) is 4.43. The highest BCUT2D eigenvalue weighted by Gasteiger charge is 2.26. The Hall–Kier alpha value is -0.810. The smallest absolute Gasteiger partial charge is 0.434 e. The van der Waals surface area contributed by atoms with Crippen LogP contribution in [0.3, 0.4) is 0 Å². The largest absolute Gasteiger partial charge is 0.442 e. The van der Waals surface area contributed by atoms with Crippen molar-refractivity contribution in [2.75, 3.05) is 13.2 Å². The first-order valence-electron chi connectivity index (χ1n) is 4.77. The van der Waals surface area contributed by atoms with Crippen molar-refractivity contribution in [3.63, 3.8) is 0 Å². The molecule has 0 aromatic rings. The predicted octanol–water partition coefficient (Wildman–Crippen LogP) is 0.886. The number of ether oxygens (including phenoxy) is 1. The van der Waals surface area contributed by atoms with Crippen molar-refractivity contribution in [1.29, 1.82) is 0 Å². The van der Waals surface area contributed by atoms with E-state index in [0.717, 1.165) is 6.42 Å². The van der Waals surface area contributed by atoms with E-state index in [9.17, 15) is 4.79 Å². The molecule has 0 aromatic carbocycles. The number of hydroxylamine groups is 2. The first-order chi connectivity index (χ1) is 6.38. The molecule has 1 fully saturated rings. The Morgan fingerprint density at radius 1 is 1.57 bits per heavy atom. The van der Waals surface area contributed by atoms with E-state index in [1.54, 1.807) is 0 Å². The Morgan fingerprint density at radius 3 is 2.64 bits per heavy atom. The molecule has 0 aromatic heterocycles. The van der Waals surface area contributed by atoms with Crippen LogP contribution in [0.4, 0.5) is 4.79 Å². The first kappa shape index (κ1) is 11.3. The summed E-state index contributed by atoms with van der Waals surface area (Å²) < 4.78 is 5.13. The molecule has 1 saturated heterocycles. The fourth-order valence-corrected chi connectivity index (χ4v) is 1.07. The lowest BCUT2D eigenvalue weighted by Crippen LogP contribution is -2.46. The van der Waals surface area contributed by atoms with Crippen LogP contribution >= 0.6 is 0 Å². The summed E-state index contributed by atoms with van der Waals surface area (Å²) in [6, 6.07) is 0.0219. The number of carbonyl (C=O) groups is 1. The SMILES string of the molecule is CC(C)(C)OC(=O)N1CCC(N)CO1. The molecule has 14 heavy (non-hydrogen) atoms. The van der Waals surface area contributed by atoms with E-state index >= 15 is 0 Å². The van der Waals surface area contributed by atoms with Crippen molar-refractivity contribution in [1.82, 2.24) is 5.06 Å². The van der Waals surface area contributed by atoms with Gasteiger partial charge in [-0.15, -0.1) is 0 Å². The molecule has 5 nitrogen and oxygen atoms in total. The third kappa shape index (κ3) is 3.51. The molecule has 0 saturated carbocycles. The average Bonchev–Trinajstić information content (AvgIpc) is 2.02. The lowest BCUT2D eigenvalue weighted by Gasteiger charge is -2.31. The van der Waals surface area contributed by atoms with Crippen LogP contribution < -0.4 is 5.73 Å². The summed E-state index contributed by atoms with van der Waals surface area (Å²) in [5.74, 6) is 0. The molecule has 2 N–H and O–H groups in total. The third-order valence-electron chi connectivity index (χ3n) is 1.74. The Labute approximate surface area is 84.1 Å². The van der Waals surface area contributed by atoms with Crippen LogP contribution in [-0.2, 0) is 9.57 Å². The minimum Gasteiger partial charge on any atom is -0.442 e. The van der Waals surface area contributed by atoms with Crippen LogP contribution in [0, 0.1) is 0 Å². The topological polar surface area (TPSA) is 64.8 Å². The standard InChI is InChI=1S/C9H18N2O3/c1-9(2,3)14-8(12)11-5-4-7(10)6-13-11/h7H,4-6,10H2,1-3H3. The van der Waals surface area contributed by atoms with Crippen LogP contribution in [0.15, 0.2) is 0 Å². The zero-order valence-corrected chi connectivity index (χ0v) is 8.95. The van der Waals surface area contributed by atoms with Crippen LogP contribution in [-0.4, -0.2) is 36.0 Å². The third-order valence-corrected chi connectivity index (χ3v) is 1.74. The van der Waals surface area contributed by atoms with Gasteiger partial charge >= 0.3 is 6.09 Å². The van der Waals surface area contributed by atoms with Gasteiger partial charge in [0.15, 0.2) is 0 Å². The molecule has 1 atom stereocenters. The maximum atomic E-state index is 11.5. The summed E-state index contributed by atoms with van der Waals surface area (Å²) in [6.45, 7) is 6.33. The van der Waals surface area contributed by atoms with Gasteiger partial charge in [-0.3, -0.25) is 4.84 Å². The van der Waals surface area contributed by atoms with E-state index in [1.165, 1.54) is 5.06 Å². The highest BCUT2D eigenvalue weighted by atomic mass is 16.7. The van der Waals surface area contributed by atoms with Crippen molar-refractivity contribution < 1.29 is 14.4 Å². The van der Waals surface area contributed by atoms with Crippen LogP contribution in [0.2, 0.25) is 0 Å². The number of carbonyl (C=O) groups excluding carboxylic acids is 1. The summed E-state index contributed by atoms with van der Waals surface area (Å²) in [5.41, 5.74) is 5.13. The van der Waals surface area contributed by atoms with Gasteiger partial charge in [0, 0.05) is 6.04 Å². The van der Waals surface area contributed by atoms with Gasteiger partial charge in [0.05, 0.1) is 13.2 Å². The van der Waals surface area contributed by atoms with Gasteiger partial charge in [-0.25, -0.2) is 4.79 Å². The molecule has 1 aliphatic heterocycles. The molecule has 0 bridgehead atoms. The number of nitrogens with zero attached hydrogens (tertiary/aromatic N) is 1. The van der Waals surface area contributed by atoms with Crippen molar-refractivity contribution in [3.8, 4) is 0 Å². The van der Waals surface area contributed by atoms with E-state index < -0.39 is 11.7 Å². The number of hydrogen-bond acceptors (Lipinski definition) is 4. The molecule has 0 radical (unpaired) electrons. The zero-order valence-electron chi connectivity index (χ0n) is 8.95. The normalized spacial score (nSPS) is 23.4. The molecular formula is C9H18N2O3. The van der Waals surface area contributed by atoms with E-state index in [2.05, 4.69) is 0 Å². The van der Waals surface area contributed by atoms with Crippen LogP contribution in [0.1, 0.15) is 27.2 Å². The van der Waals surface area contributed by atoms with Gasteiger partial charge in [0.1, 0.15) is 5.60 Å². The van der Waals surface area contributed by atoms with Gasteiger partial charge in [0.25, 0.3) is 0 Å². The molecule has 5 heteroatoms. The second-order valence-electron chi connectivity index (χ2n) is 4.43. The quantitative estimate of drug-likeness (QED) is 0.633. The van der Waals surface area contributed by atoms with Crippen LogP contribution in [0.25, 0.3) is 0 Å². The van der Waals surface area contributed by atoms with E-state index in [4.69, 9.17) is 15.3 Å². The van der Waals surface area contributed by atoms with Gasteiger partial charge in [-0.1, -0.05) is 0 Å². The molecule has 1 rings (SSSR count). The number of nitrogens with two attached hydrogens (primary N) is 1. The number of hydrogen-bond donors (Lipinski definition) is 1. The molecular weight excluding hydrogens is 184 g/mol. The Kier molecular flexibility index (Phi) is 3.34. The fraction of sp³-hybridized carbons (Fsp3) is 0.889. The molecule has 1 heterocycles. The van der Waals surface area contributed by atoms with Gasteiger partial charge in [-0.2, -0.15) is 5.06 Å². The highest BCUT2D eigenvalue weighted by Crippen LogP contribution is 2.13. The summed E-state index contributed by atoms with van der Waals surface area (Å²) in [4.78, 5) is 16.6. The maximum Gasteiger partial charge on any atom is 0.434 e. The van der Waals surface area contributed by atoms with E-state index in [0.29, 0.717) is 13.2 Å². The Bertz CT molecular complexity index is 205. The van der Waals surface area contributed by atoms with Crippen LogP contribution in [0.5, 0.6) is 0 Å². The number of rotatable bonds is 0. The average molecular weight is 202 g/mol. The van der Waals surface area contributed by atoms with Crippen molar-refractivity contribution in [2.45, 2.75) is 38.8 Å². The second kappa shape index (κ2) is 4.14. The molecule has 0 spiro atoms. The predicted molar refractivity (Wildman–Crippen MR) is 51.5 cm³/mol. The summed E-state index contributed by atoms with van der Waals surface area (Å²) in [5, 5.41) is 1.23. The fourth-order valence-electron chi connectivity index (χ4n) is 1.07.